The van der Waals surface area contributed by atoms with Crippen LogP contribution >= 0.6 is 23.4 Å². The summed E-state index contributed by atoms with van der Waals surface area (Å²) in [5.74, 6) is 2.12. The zero-order valence-corrected chi connectivity index (χ0v) is 11.8. The lowest BCUT2D eigenvalue weighted by atomic mass is 10.1. The van der Waals surface area contributed by atoms with Crippen LogP contribution in [0.3, 0.4) is 0 Å². The fourth-order valence-electron chi connectivity index (χ4n) is 1.39. The van der Waals surface area contributed by atoms with Crippen molar-refractivity contribution >= 4 is 23.4 Å². The standard InChI is InChI=1S/C13H20ClNOS/c1-11-3-4-12(9-13(11)14)10-15-5-8-17-7-2-6-16/h3-4,9,15-16H,2,5-8,10H2,1H3. The summed E-state index contributed by atoms with van der Waals surface area (Å²) in [5, 5.41) is 12.8. The predicted molar refractivity (Wildman–Crippen MR) is 76.9 cm³/mol. The minimum atomic E-state index is 0.294. The molecule has 0 heterocycles. The molecular weight excluding hydrogens is 254 g/mol. The molecule has 1 rings (SSSR count). The number of hydrogen-bond donors (Lipinski definition) is 2. The van der Waals surface area contributed by atoms with E-state index in [0.29, 0.717) is 6.61 Å². The molecule has 0 unspecified atom stereocenters. The van der Waals surface area contributed by atoms with Gasteiger partial charge in [0.1, 0.15) is 0 Å². The average molecular weight is 274 g/mol. The summed E-state index contributed by atoms with van der Waals surface area (Å²) in [6.07, 6.45) is 0.887. The fourth-order valence-corrected chi connectivity index (χ4v) is 2.42. The van der Waals surface area contributed by atoms with Crippen molar-refractivity contribution in [1.29, 1.82) is 0 Å². The summed E-state index contributed by atoms with van der Waals surface area (Å²) in [5.41, 5.74) is 2.34. The highest BCUT2D eigenvalue weighted by Crippen LogP contribution is 2.16. The van der Waals surface area contributed by atoms with Gasteiger partial charge in [-0.05, 0) is 36.3 Å². The van der Waals surface area contributed by atoms with E-state index in [4.69, 9.17) is 16.7 Å². The van der Waals surface area contributed by atoms with Crippen molar-refractivity contribution in [3.05, 3.63) is 34.3 Å². The van der Waals surface area contributed by atoms with Gasteiger partial charge in [-0.2, -0.15) is 11.8 Å². The number of thioether (sulfide) groups is 1. The highest BCUT2D eigenvalue weighted by atomic mass is 35.5. The quantitative estimate of drug-likeness (QED) is 0.715. The van der Waals surface area contributed by atoms with Gasteiger partial charge in [0.05, 0.1) is 0 Å². The van der Waals surface area contributed by atoms with Gasteiger partial charge in [-0.1, -0.05) is 23.7 Å². The lowest BCUT2D eigenvalue weighted by molar-refractivity contribution is 0.296. The molecule has 0 aliphatic rings. The van der Waals surface area contributed by atoms with Gasteiger partial charge in [-0.15, -0.1) is 0 Å². The molecule has 4 heteroatoms. The monoisotopic (exact) mass is 273 g/mol. The van der Waals surface area contributed by atoms with E-state index < -0.39 is 0 Å². The van der Waals surface area contributed by atoms with Crippen LogP contribution in [-0.4, -0.2) is 29.8 Å². The smallest absolute Gasteiger partial charge is 0.0438 e. The molecule has 0 fully saturated rings. The van der Waals surface area contributed by atoms with E-state index in [-0.39, 0.29) is 0 Å². The molecule has 0 aliphatic carbocycles. The van der Waals surface area contributed by atoms with Crippen molar-refractivity contribution in [2.75, 3.05) is 24.7 Å². The largest absolute Gasteiger partial charge is 0.396 e. The Hall–Kier alpha value is -0.220. The van der Waals surface area contributed by atoms with Crippen LogP contribution in [0.5, 0.6) is 0 Å². The highest BCUT2D eigenvalue weighted by molar-refractivity contribution is 7.99. The molecule has 0 spiro atoms. The van der Waals surface area contributed by atoms with Crippen LogP contribution in [-0.2, 0) is 6.54 Å². The molecule has 0 saturated heterocycles. The summed E-state index contributed by atoms with van der Waals surface area (Å²) in [6, 6.07) is 6.17. The second-order valence-corrected chi connectivity index (χ2v) is 5.58. The number of aryl methyl sites for hydroxylation is 1. The maximum atomic E-state index is 8.62. The lowest BCUT2D eigenvalue weighted by Crippen LogP contribution is -2.16. The normalized spacial score (nSPS) is 10.8. The van der Waals surface area contributed by atoms with Crippen LogP contribution in [0, 0.1) is 6.92 Å². The molecule has 2 nitrogen and oxygen atoms in total. The average Bonchev–Trinajstić information content (AvgIpc) is 2.32. The summed E-state index contributed by atoms with van der Waals surface area (Å²) in [4.78, 5) is 0. The Morgan fingerprint density at radius 1 is 1.35 bits per heavy atom. The van der Waals surface area contributed by atoms with Crippen LogP contribution in [0.15, 0.2) is 18.2 Å². The Kier molecular flexibility index (Phi) is 7.69. The van der Waals surface area contributed by atoms with Crippen molar-refractivity contribution in [2.45, 2.75) is 19.9 Å². The van der Waals surface area contributed by atoms with Gasteiger partial charge in [0.2, 0.25) is 0 Å². The van der Waals surface area contributed by atoms with E-state index in [0.717, 1.165) is 41.6 Å². The fraction of sp³-hybridized carbons (Fsp3) is 0.538. The minimum Gasteiger partial charge on any atom is -0.396 e. The topological polar surface area (TPSA) is 32.3 Å². The Labute approximate surface area is 113 Å². The second kappa shape index (κ2) is 8.81. The number of nitrogens with one attached hydrogen (secondary N) is 1. The molecule has 17 heavy (non-hydrogen) atoms. The zero-order valence-electron chi connectivity index (χ0n) is 10.2. The second-order valence-electron chi connectivity index (χ2n) is 3.95. The molecule has 1 aromatic rings. The number of hydrogen-bond acceptors (Lipinski definition) is 3. The molecule has 0 bridgehead atoms. The van der Waals surface area contributed by atoms with E-state index in [1.54, 1.807) is 0 Å². The minimum absolute atomic E-state index is 0.294. The van der Waals surface area contributed by atoms with E-state index >= 15 is 0 Å². The first kappa shape index (κ1) is 14.8. The molecule has 96 valence electrons. The van der Waals surface area contributed by atoms with Gasteiger partial charge in [0.15, 0.2) is 0 Å². The number of aliphatic hydroxyl groups excluding tert-OH is 1. The molecule has 0 radical (unpaired) electrons. The Balaban J connectivity index is 2.11. The van der Waals surface area contributed by atoms with Crippen LogP contribution in [0.1, 0.15) is 17.5 Å². The maximum absolute atomic E-state index is 8.62. The summed E-state index contributed by atoms with van der Waals surface area (Å²) < 4.78 is 0. The van der Waals surface area contributed by atoms with Crippen LogP contribution < -0.4 is 5.32 Å². The maximum Gasteiger partial charge on any atom is 0.0438 e. The van der Waals surface area contributed by atoms with Crippen molar-refractivity contribution in [1.82, 2.24) is 5.32 Å². The Morgan fingerprint density at radius 2 is 2.18 bits per heavy atom. The third kappa shape index (κ3) is 6.32. The number of benzene rings is 1. The van der Waals surface area contributed by atoms with E-state index in [2.05, 4.69) is 17.4 Å². The van der Waals surface area contributed by atoms with Crippen LogP contribution in [0.25, 0.3) is 0 Å². The third-order valence-electron chi connectivity index (χ3n) is 2.44. The molecule has 2 N–H and O–H groups in total. The predicted octanol–water partition coefficient (Wildman–Crippen LogP) is 2.85. The molecule has 1 aromatic carbocycles. The van der Waals surface area contributed by atoms with Crippen molar-refractivity contribution in [2.24, 2.45) is 0 Å². The first-order chi connectivity index (χ1) is 8.24. The van der Waals surface area contributed by atoms with Crippen molar-refractivity contribution < 1.29 is 5.11 Å². The Bertz CT molecular complexity index is 333. The summed E-state index contributed by atoms with van der Waals surface area (Å²) in [6.45, 7) is 4.15. The molecule has 0 amide bonds. The van der Waals surface area contributed by atoms with Crippen LogP contribution in [0.4, 0.5) is 0 Å². The van der Waals surface area contributed by atoms with E-state index in [9.17, 15) is 0 Å². The van der Waals surface area contributed by atoms with Gasteiger partial charge < -0.3 is 10.4 Å². The number of aliphatic hydroxyl groups is 1. The summed E-state index contributed by atoms with van der Waals surface area (Å²) in [7, 11) is 0. The van der Waals surface area contributed by atoms with Gasteiger partial charge in [-0.25, -0.2) is 0 Å². The number of rotatable bonds is 8. The van der Waals surface area contributed by atoms with E-state index in [1.165, 1.54) is 5.56 Å². The van der Waals surface area contributed by atoms with E-state index in [1.807, 2.05) is 24.8 Å². The summed E-state index contributed by atoms with van der Waals surface area (Å²) >= 11 is 7.93. The van der Waals surface area contributed by atoms with Gasteiger partial charge >= 0.3 is 0 Å². The van der Waals surface area contributed by atoms with Gasteiger partial charge in [0, 0.05) is 30.5 Å². The van der Waals surface area contributed by atoms with Crippen LogP contribution in [0.2, 0.25) is 5.02 Å². The van der Waals surface area contributed by atoms with Gasteiger partial charge in [-0.3, -0.25) is 0 Å². The Morgan fingerprint density at radius 3 is 2.88 bits per heavy atom. The van der Waals surface area contributed by atoms with Crippen molar-refractivity contribution in [3.63, 3.8) is 0 Å². The molecular formula is C13H20ClNOS. The van der Waals surface area contributed by atoms with Gasteiger partial charge in [0.25, 0.3) is 0 Å². The lowest BCUT2D eigenvalue weighted by Gasteiger charge is -2.06. The molecule has 0 saturated carbocycles. The first-order valence-electron chi connectivity index (χ1n) is 5.88. The zero-order chi connectivity index (χ0) is 12.5. The third-order valence-corrected chi connectivity index (χ3v) is 3.91. The molecule has 0 atom stereocenters. The highest BCUT2D eigenvalue weighted by Gasteiger charge is 1.97. The number of halogens is 1. The SMILES string of the molecule is Cc1ccc(CNCCSCCCO)cc1Cl. The first-order valence-corrected chi connectivity index (χ1v) is 7.41. The van der Waals surface area contributed by atoms with Crippen molar-refractivity contribution in [3.8, 4) is 0 Å². The molecule has 0 aromatic heterocycles. The molecule has 0 aliphatic heterocycles.